The first-order valence-electron chi connectivity index (χ1n) is 9.55. The van der Waals surface area contributed by atoms with Gasteiger partial charge >= 0.3 is 12.1 Å². The van der Waals surface area contributed by atoms with E-state index < -0.39 is 11.0 Å². The van der Waals surface area contributed by atoms with E-state index in [1.54, 1.807) is 11.8 Å². The molecule has 0 spiro atoms. The number of aryl methyl sites for hydroxylation is 1. The third-order valence-corrected chi connectivity index (χ3v) is 4.95. The van der Waals surface area contributed by atoms with Gasteiger partial charge in [-0.3, -0.25) is 4.79 Å². The van der Waals surface area contributed by atoms with Gasteiger partial charge in [-0.25, -0.2) is 4.79 Å². The standard InChI is InChI=1S/C21H30ClNO4/c1-5-26-18(24)21(12-10-16-8-6-9-17(22)14-16)11-7-13-23(15-21)19(25)27-20(2,3)4/h6,8-9,14H,5,7,10-13,15H2,1-4H3. The molecule has 0 bridgehead atoms. The number of piperidine rings is 1. The second-order valence-electron chi connectivity index (χ2n) is 8.14. The molecule has 0 aliphatic carbocycles. The van der Waals surface area contributed by atoms with Crippen LogP contribution in [-0.2, 0) is 20.7 Å². The maximum Gasteiger partial charge on any atom is 0.410 e. The highest BCUT2D eigenvalue weighted by atomic mass is 35.5. The van der Waals surface area contributed by atoms with Crippen LogP contribution in [-0.4, -0.2) is 42.3 Å². The normalized spacial score (nSPS) is 20.3. The van der Waals surface area contributed by atoms with E-state index in [-0.39, 0.29) is 12.1 Å². The molecule has 1 atom stereocenters. The summed E-state index contributed by atoms with van der Waals surface area (Å²) < 4.78 is 10.9. The number of esters is 1. The van der Waals surface area contributed by atoms with Gasteiger partial charge in [0.1, 0.15) is 5.60 Å². The summed E-state index contributed by atoms with van der Waals surface area (Å²) in [7, 11) is 0. The molecule has 1 fully saturated rings. The highest BCUT2D eigenvalue weighted by Gasteiger charge is 2.45. The summed E-state index contributed by atoms with van der Waals surface area (Å²) in [6.07, 6.45) is 2.37. The van der Waals surface area contributed by atoms with Crippen molar-refractivity contribution in [3.05, 3.63) is 34.9 Å². The first-order valence-corrected chi connectivity index (χ1v) is 9.92. The number of rotatable bonds is 5. The highest BCUT2D eigenvalue weighted by Crippen LogP contribution is 2.37. The number of carbonyl (C=O) groups is 2. The van der Waals surface area contributed by atoms with Gasteiger partial charge in [-0.2, -0.15) is 0 Å². The second-order valence-corrected chi connectivity index (χ2v) is 8.57. The lowest BCUT2D eigenvalue weighted by Gasteiger charge is -2.41. The zero-order chi connectivity index (χ0) is 20.1. The van der Waals surface area contributed by atoms with Crippen LogP contribution in [0.5, 0.6) is 0 Å². The van der Waals surface area contributed by atoms with Crippen molar-refractivity contribution in [3.8, 4) is 0 Å². The summed E-state index contributed by atoms with van der Waals surface area (Å²) in [6, 6.07) is 7.65. The van der Waals surface area contributed by atoms with Crippen molar-refractivity contribution in [1.82, 2.24) is 4.90 Å². The topological polar surface area (TPSA) is 55.8 Å². The van der Waals surface area contributed by atoms with Gasteiger partial charge in [-0.15, -0.1) is 0 Å². The molecule has 1 amide bonds. The molecule has 5 nitrogen and oxygen atoms in total. The molecule has 1 aromatic carbocycles. The van der Waals surface area contributed by atoms with Crippen molar-refractivity contribution >= 4 is 23.7 Å². The Morgan fingerprint density at radius 2 is 2.04 bits per heavy atom. The number of halogens is 1. The zero-order valence-corrected chi connectivity index (χ0v) is 17.5. The number of hydrogen-bond acceptors (Lipinski definition) is 4. The van der Waals surface area contributed by atoms with Gasteiger partial charge in [0, 0.05) is 18.1 Å². The summed E-state index contributed by atoms with van der Waals surface area (Å²) in [6.45, 7) is 8.56. The number of benzene rings is 1. The number of carbonyl (C=O) groups excluding carboxylic acids is 2. The van der Waals surface area contributed by atoms with Crippen LogP contribution < -0.4 is 0 Å². The molecule has 0 saturated carbocycles. The van der Waals surface area contributed by atoms with Gasteiger partial charge in [-0.1, -0.05) is 23.7 Å². The van der Waals surface area contributed by atoms with Gasteiger partial charge in [0.2, 0.25) is 0 Å². The Labute approximate surface area is 167 Å². The van der Waals surface area contributed by atoms with Crippen molar-refractivity contribution in [2.45, 2.75) is 59.0 Å². The molecule has 2 rings (SSSR count). The molecule has 1 heterocycles. The van der Waals surface area contributed by atoms with Crippen molar-refractivity contribution in [1.29, 1.82) is 0 Å². The second kappa shape index (κ2) is 8.96. The largest absolute Gasteiger partial charge is 0.466 e. The molecule has 150 valence electrons. The smallest absolute Gasteiger partial charge is 0.410 e. The van der Waals surface area contributed by atoms with Gasteiger partial charge in [0.05, 0.1) is 12.0 Å². The first kappa shape index (κ1) is 21.5. The zero-order valence-electron chi connectivity index (χ0n) is 16.7. The first-order chi connectivity index (χ1) is 12.6. The lowest BCUT2D eigenvalue weighted by molar-refractivity contribution is -0.159. The molecule has 0 aromatic heterocycles. The van der Waals surface area contributed by atoms with E-state index >= 15 is 0 Å². The van der Waals surface area contributed by atoms with Crippen LogP contribution in [0.1, 0.15) is 52.5 Å². The number of amides is 1. The van der Waals surface area contributed by atoms with E-state index in [4.69, 9.17) is 21.1 Å². The van der Waals surface area contributed by atoms with Gasteiger partial charge in [0.15, 0.2) is 0 Å². The molecule has 27 heavy (non-hydrogen) atoms. The molecular weight excluding hydrogens is 366 g/mol. The summed E-state index contributed by atoms with van der Waals surface area (Å²) in [5.41, 5.74) is -0.212. The minimum absolute atomic E-state index is 0.236. The lowest BCUT2D eigenvalue weighted by atomic mass is 9.75. The minimum atomic E-state index is -0.715. The maximum atomic E-state index is 12.8. The van der Waals surface area contributed by atoms with Crippen LogP contribution in [0, 0.1) is 5.41 Å². The Balaban J connectivity index is 2.17. The van der Waals surface area contributed by atoms with E-state index in [1.807, 2.05) is 45.0 Å². The fourth-order valence-electron chi connectivity index (χ4n) is 3.45. The molecule has 1 aromatic rings. The summed E-state index contributed by atoms with van der Waals surface area (Å²) in [5.74, 6) is -0.236. The van der Waals surface area contributed by atoms with Crippen molar-refractivity contribution < 1.29 is 19.1 Å². The Hall–Kier alpha value is -1.75. The third-order valence-electron chi connectivity index (χ3n) is 4.72. The molecule has 1 unspecified atom stereocenters. The Morgan fingerprint density at radius 1 is 1.30 bits per heavy atom. The molecule has 0 radical (unpaired) electrons. The Morgan fingerprint density at radius 3 is 2.67 bits per heavy atom. The molecule has 0 N–H and O–H groups in total. The molecule has 1 aliphatic heterocycles. The number of ether oxygens (including phenoxy) is 2. The van der Waals surface area contributed by atoms with Gasteiger partial charge < -0.3 is 14.4 Å². The average molecular weight is 396 g/mol. The van der Waals surface area contributed by atoms with E-state index in [2.05, 4.69) is 0 Å². The fraction of sp³-hybridized carbons (Fsp3) is 0.619. The number of hydrogen-bond donors (Lipinski definition) is 0. The van der Waals surface area contributed by atoms with E-state index in [9.17, 15) is 9.59 Å². The Kier molecular flexibility index (Phi) is 7.15. The lowest BCUT2D eigenvalue weighted by Crippen LogP contribution is -2.51. The summed E-state index contributed by atoms with van der Waals surface area (Å²) in [4.78, 5) is 27.0. The summed E-state index contributed by atoms with van der Waals surface area (Å²) in [5, 5.41) is 0.678. The summed E-state index contributed by atoms with van der Waals surface area (Å²) >= 11 is 6.08. The fourth-order valence-corrected chi connectivity index (χ4v) is 3.66. The highest BCUT2D eigenvalue weighted by molar-refractivity contribution is 6.30. The van der Waals surface area contributed by atoms with E-state index in [0.717, 1.165) is 12.0 Å². The van der Waals surface area contributed by atoms with Crippen LogP contribution >= 0.6 is 11.6 Å². The average Bonchev–Trinajstić information content (AvgIpc) is 2.59. The van der Waals surface area contributed by atoms with Crippen molar-refractivity contribution in [3.63, 3.8) is 0 Å². The van der Waals surface area contributed by atoms with Crippen LogP contribution in [0.15, 0.2) is 24.3 Å². The molecule has 1 saturated heterocycles. The van der Waals surface area contributed by atoms with E-state index in [0.29, 0.717) is 44.0 Å². The van der Waals surface area contributed by atoms with Gasteiger partial charge in [-0.05, 0) is 71.1 Å². The quantitative estimate of drug-likeness (QED) is 0.668. The third kappa shape index (κ3) is 6.13. The van der Waals surface area contributed by atoms with Crippen LogP contribution in [0.2, 0.25) is 5.02 Å². The van der Waals surface area contributed by atoms with Crippen molar-refractivity contribution in [2.24, 2.45) is 5.41 Å². The molecule has 6 heteroatoms. The SMILES string of the molecule is CCOC(=O)C1(CCc2cccc(Cl)c2)CCCN(C(=O)OC(C)(C)C)C1. The van der Waals surface area contributed by atoms with Crippen molar-refractivity contribution in [2.75, 3.05) is 19.7 Å². The minimum Gasteiger partial charge on any atom is -0.466 e. The number of likely N-dealkylation sites (tertiary alicyclic amines) is 1. The Bertz CT molecular complexity index is 670. The monoisotopic (exact) mass is 395 g/mol. The molecular formula is C21H30ClNO4. The van der Waals surface area contributed by atoms with Crippen LogP contribution in [0.4, 0.5) is 4.79 Å². The maximum absolute atomic E-state index is 12.8. The predicted molar refractivity (Wildman–Crippen MR) is 106 cm³/mol. The molecule has 1 aliphatic rings. The predicted octanol–water partition coefficient (Wildman–Crippen LogP) is 4.85. The van der Waals surface area contributed by atoms with Gasteiger partial charge in [0.25, 0.3) is 0 Å². The van der Waals surface area contributed by atoms with E-state index in [1.165, 1.54) is 0 Å². The van der Waals surface area contributed by atoms with Crippen LogP contribution in [0.25, 0.3) is 0 Å². The number of nitrogens with zero attached hydrogens (tertiary/aromatic N) is 1. The van der Waals surface area contributed by atoms with Crippen LogP contribution in [0.3, 0.4) is 0 Å².